The number of Topliss-reactive ketones (excluding diaryl/α,β-unsaturated/α-hetero) is 1. The highest BCUT2D eigenvalue weighted by Crippen LogP contribution is 2.31. The molecule has 0 unspecified atom stereocenters. The van der Waals surface area contributed by atoms with Crippen LogP contribution in [-0.4, -0.2) is 18.2 Å². The summed E-state index contributed by atoms with van der Waals surface area (Å²) in [5.74, 6) is -0.253. The van der Waals surface area contributed by atoms with Crippen LogP contribution >= 0.6 is 0 Å². The van der Waals surface area contributed by atoms with Crippen molar-refractivity contribution in [3.63, 3.8) is 0 Å². The van der Waals surface area contributed by atoms with Crippen LogP contribution in [0.15, 0.2) is 93.8 Å². The van der Waals surface area contributed by atoms with Gasteiger partial charge in [0.25, 0.3) is 5.91 Å². The molecule has 0 aliphatic rings. The van der Waals surface area contributed by atoms with Gasteiger partial charge in [0, 0.05) is 16.5 Å². The van der Waals surface area contributed by atoms with E-state index in [2.05, 4.69) is 10.6 Å². The first-order valence-corrected chi connectivity index (χ1v) is 9.82. The number of rotatable bonds is 6. The molecule has 6 heteroatoms. The summed E-state index contributed by atoms with van der Waals surface area (Å²) in [4.78, 5) is 25.6. The van der Waals surface area contributed by atoms with Gasteiger partial charge in [-0.1, -0.05) is 48.5 Å². The Morgan fingerprint density at radius 1 is 0.774 bits per heavy atom. The number of amides is 1. The van der Waals surface area contributed by atoms with Gasteiger partial charge in [-0.2, -0.15) is 0 Å². The Morgan fingerprint density at radius 3 is 2.29 bits per heavy atom. The number of fused-ring (bicyclic) bond motifs is 2. The fourth-order valence-electron chi connectivity index (χ4n) is 3.47. The lowest BCUT2D eigenvalue weighted by Crippen LogP contribution is -2.17. The second-order valence-electron chi connectivity index (χ2n) is 7.05. The van der Waals surface area contributed by atoms with Crippen molar-refractivity contribution in [3.8, 4) is 0 Å². The van der Waals surface area contributed by atoms with Gasteiger partial charge in [0.1, 0.15) is 11.2 Å². The molecule has 152 valence electrons. The minimum Gasteiger partial charge on any atom is -0.453 e. The second-order valence-corrected chi connectivity index (χ2v) is 7.05. The smallest absolute Gasteiger partial charge is 0.293 e. The lowest BCUT2D eigenvalue weighted by Gasteiger charge is -2.07. The molecule has 3 aromatic carbocycles. The highest BCUT2D eigenvalue weighted by Gasteiger charge is 2.22. The first-order chi connectivity index (χ1) is 15.2. The molecule has 0 bridgehead atoms. The molecule has 31 heavy (non-hydrogen) atoms. The van der Waals surface area contributed by atoms with Crippen LogP contribution in [0.25, 0.3) is 21.9 Å². The number of anilines is 2. The van der Waals surface area contributed by atoms with E-state index in [1.165, 1.54) is 0 Å². The average molecular weight is 410 g/mol. The molecule has 0 saturated heterocycles. The van der Waals surface area contributed by atoms with E-state index in [1.807, 2.05) is 60.7 Å². The summed E-state index contributed by atoms with van der Waals surface area (Å²) in [6, 6.07) is 25.6. The number of hydrogen-bond donors (Lipinski definition) is 2. The molecule has 5 rings (SSSR count). The molecule has 0 aliphatic carbocycles. The minimum atomic E-state index is -0.402. The summed E-state index contributed by atoms with van der Waals surface area (Å²) in [7, 11) is 0. The third kappa shape index (κ3) is 3.67. The summed E-state index contributed by atoms with van der Waals surface area (Å²) in [6.07, 6.45) is 0. The summed E-state index contributed by atoms with van der Waals surface area (Å²) in [5, 5.41) is 7.49. The Morgan fingerprint density at radius 2 is 1.48 bits per heavy atom. The molecule has 0 saturated carbocycles. The van der Waals surface area contributed by atoms with Crippen molar-refractivity contribution in [2.45, 2.75) is 0 Å². The molecule has 2 heterocycles. The van der Waals surface area contributed by atoms with Crippen molar-refractivity contribution in [2.75, 3.05) is 17.2 Å². The first-order valence-electron chi connectivity index (χ1n) is 9.82. The zero-order chi connectivity index (χ0) is 21.2. The van der Waals surface area contributed by atoms with E-state index in [0.717, 1.165) is 10.8 Å². The predicted molar refractivity (Wildman–Crippen MR) is 120 cm³/mol. The lowest BCUT2D eigenvalue weighted by molar-refractivity contribution is 0.0976. The fourth-order valence-corrected chi connectivity index (χ4v) is 3.47. The molecule has 5 aromatic rings. The summed E-state index contributed by atoms with van der Waals surface area (Å²) < 4.78 is 11.5. The van der Waals surface area contributed by atoms with Gasteiger partial charge in [0.2, 0.25) is 11.5 Å². The summed E-state index contributed by atoms with van der Waals surface area (Å²) >= 11 is 0. The van der Waals surface area contributed by atoms with E-state index in [4.69, 9.17) is 8.83 Å². The number of para-hydroxylation sites is 3. The molecule has 0 aliphatic heterocycles. The molecule has 0 atom stereocenters. The van der Waals surface area contributed by atoms with Gasteiger partial charge in [0.15, 0.2) is 5.76 Å². The molecular formula is C25H18N2O4. The van der Waals surface area contributed by atoms with Gasteiger partial charge in [-0.3, -0.25) is 9.59 Å². The molecular weight excluding hydrogens is 392 g/mol. The maximum absolute atomic E-state index is 12.9. The van der Waals surface area contributed by atoms with E-state index in [0.29, 0.717) is 22.5 Å². The monoisotopic (exact) mass is 410 g/mol. The van der Waals surface area contributed by atoms with E-state index in [-0.39, 0.29) is 23.8 Å². The van der Waals surface area contributed by atoms with Crippen molar-refractivity contribution in [3.05, 3.63) is 96.4 Å². The molecule has 0 fully saturated rings. The molecule has 2 aromatic heterocycles. The van der Waals surface area contributed by atoms with E-state index in [9.17, 15) is 9.59 Å². The standard InChI is InChI=1S/C25H18N2O4/c28-19(22-14-16-8-4-6-12-20(16)30-22)15-26-23-18-11-5-7-13-21(18)31-24(23)25(29)27-17-9-2-1-3-10-17/h1-14,26H,15H2,(H,27,29). The largest absolute Gasteiger partial charge is 0.453 e. The highest BCUT2D eigenvalue weighted by atomic mass is 16.4. The third-order valence-corrected chi connectivity index (χ3v) is 4.96. The number of furan rings is 2. The molecule has 6 nitrogen and oxygen atoms in total. The Kier molecular flexibility index (Phi) is 4.72. The van der Waals surface area contributed by atoms with Crippen molar-refractivity contribution in [1.29, 1.82) is 0 Å². The van der Waals surface area contributed by atoms with Gasteiger partial charge in [-0.25, -0.2) is 0 Å². The van der Waals surface area contributed by atoms with Gasteiger partial charge in [0.05, 0.1) is 12.2 Å². The van der Waals surface area contributed by atoms with Crippen LogP contribution in [0.5, 0.6) is 0 Å². The molecule has 1 amide bonds. The van der Waals surface area contributed by atoms with Crippen molar-refractivity contribution in [1.82, 2.24) is 0 Å². The number of carbonyl (C=O) groups is 2. The van der Waals surface area contributed by atoms with Crippen LogP contribution in [0, 0.1) is 0 Å². The number of carbonyl (C=O) groups excluding carboxylic acids is 2. The van der Waals surface area contributed by atoms with E-state index < -0.39 is 5.91 Å². The minimum absolute atomic E-state index is 0.0467. The van der Waals surface area contributed by atoms with Crippen LogP contribution in [0.2, 0.25) is 0 Å². The summed E-state index contributed by atoms with van der Waals surface area (Å²) in [6.45, 7) is -0.0467. The van der Waals surface area contributed by atoms with Gasteiger partial charge in [-0.05, 0) is 36.4 Å². The third-order valence-electron chi connectivity index (χ3n) is 4.96. The Hall–Kier alpha value is -4.32. The van der Waals surface area contributed by atoms with Crippen molar-refractivity contribution < 1.29 is 18.4 Å². The Labute approximate surface area is 177 Å². The Bertz CT molecular complexity index is 1370. The average Bonchev–Trinajstić information content (AvgIpc) is 3.40. The normalized spacial score (nSPS) is 11.0. The number of benzene rings is 3. The van der Waals surface area contributed by atoms with Crippen molar-refractivity contribution in [2.24, 2.45) is 0 Å². The first kappa shape index (κ1) is 18.7. The van der Waals surface area contributed by atoms with E-state index in [1.54, 1.807) is 24.3 Å². The SMILES string of the molecule is O=C(CNc1c(C(=O)Nc2ccccc2)oc2ccccc12)c1cc2ccccc2o1. The summed E-state index contributed by atoms with van der Waals surface area (Å²) in [5.41, 5.74) is 2.33. The lowest BCUT2D eigenvalue weighted by atomic mass is 10.2. The second kappa shape index (κ2) is 7.84. The zero-order valence-electron chi connectivity index (χ0n) is 16.4. The van der Waals surface area contributed by atoms with Gasteiger partial charge in [-0.15, -0.1) is 0 Å². The number of hydrogen-bond acceptors (Lipinski definition) is 5. The molecule has 0 radical (unpaired) electrons. The van der Waals surface area contributed by atoms with Gasteiger partial charge < -0.3 is 19.5 Å². The predicted octanol–water partition coefficient (Wildman–Crippen LogP) is 5.73. The van der Waals surface area contributed by atoms with Crippen molar-refractivity contribution >= 4 is 45.0 Å². The number of nitrogens with one attached hydrogen (secondary N) is 2. The molecule has 0 spiro atoms. The maximum atomic E-state index is 12.9. The van der Waals surface area contributed by atoms with Crippen LogP contribution in [0.1, 0.15) is 21.1 Å². The van der Waals surface area contributed by atoms with Crippen LogP contribution in [0.3, 0.4) is 0 Å². The highest BCUT2D eigenvalue weighted by molar-refractivity contribution is 6.12. The van der Waals surface area contributed by atoms with Gasteiger partial charge >= 0.3 is 0 Å². The number of ketones is 1. The molecule has 2 N–H and O–H groups in total. The zero-order valence-corrected chi connectivity index (χ0v) is 16.4. The van der Waals surface area contributed by atoms with Crippen LogP contribution in [-0.2, 0) is 0 Å². The maximum Gasteiger partial charge on any atom is 0.293 e. The topological polar surface area (TPSA) is 84.5 Å². The van der Waals surface area contributed by atoms with Crippen LogP contribution < -0.4 is 10.6 Å². The fraction of sp³-hybridized carbons (Fsp3) is 0.0400. The van der Waals surface area contributed by atoms with E-state index >= 15 is 0 Å². The Balaban J connectivity index is 1.42. The van der Waals surface area contributed by atoms with Crippen LogP contribution in [0.4, 0.5) is 11.4 Å². The quantitative estimate of drug-likeness (QED) is 0.350.